The molecule has 2 aromatic heterocycles. The molecule has 2 rings (SSSR count). The molecule has 2 heterocycles. The van der Waals surface area contributed by atoms with Crippen molar-refractivity contribution in [2.45, 2.75) is 0 Å². The van der Waals surface area contributed by atoms with Crippen LogP contribution < -0.4 is 11.2 Å². The van der Waals surface area contributed by atoms with Crippen LogP contribution in [0.5, 0.6) is 0 Å². The monoisotopic (exact) mass is 246 g/mol. The summed E-state index contributed by atoms with van der Waals surface area (Å²) in [5.74, 6) is 4.97. The lowest BCUT2D eigenvalue weighted by Crippen LogP contribution is -2.37. The molecule has 7 heteroatoms. The first-order chi connectivity index (χ1) is 8.56. The summed E-state index contributed by atoms with van der Waals surface area (Å²) in [6.07, 6.45) is 0. The highest BCUT2D eigenvalue weighted by atomic mass is 16.2. The van der Waals surface area contributed by atoms with Gasteiger partial charge in [-0.2, -0.15) is 0 Å². The molecule has 0 atom stereocenters. The van der Waals surface area contributed by atoms with Crippen molar-refractivity contribution in [2.24, 2.45) is 14.1 Å². The van der Waals surface area contributed by atoms with E-state index in [0.29, 0.717) is 0 Å². The third kappa shape index (κ3) is 1.78. The van der Waals surface area contributed by atoms with Gasteiger partial charge in [0.25, 0.3) is 5.56 Å². The van der Waals surface area contributed by atoms with Crippen molar-refractivity contribution in [1.82, 2.24) is 19.3 Å². The van der Waals surface area contributed by atoms with Crippen molar-refractivity contribution in [3.63, 3.8) is 0 Å². The van der Waals surface area contributed by atoms with E-state index >= 15 is 0 Å². The van der Waals surface area contributed by atoms with E-state index in [0.717, 1.165) is 4.57 Å². The van der Waals surface area contributed by atoms with Gasteiger partial charge < -0.3 is 5.11 Å². The second-order valence-electron chi connectivity index (χ2n) is 3.63. The molecule has 0 amide bonds. The van der Waals surface area contributed by atoms with E-state index in [-0.39, 0.29) is 23.3 Å². The van der Waals surface area contributed by atoms with Gasteiger partial charge in [-0.25, -0.2) is 4.79 Å². The number of nitrogens with zero attached hydrogens (tertiary/aromatic N) is 4. The zero-order valence-electron chi connectivity index (χ0n) is 9.84. The topological polar surface area (TPSA) is 90.0 Å². The van der Waals surface area contributed by atoms with Gasteiger partial charge in [-0.1, -0.05) is 5.92 Å². The third-order valence-electron chi connectivity index (χ3n) is 2.50. The molecule has 2 aromatic rings. The van der Waals surface area contributed by atoms with E-state index in [2.05, 4.69) is 22.0 Å². The molecule has 0 aliphatic rings. The molecule has 7 nitrogen and oxygen atoms in total. The highest BCUT2D eigenvalue weighted by molar-refractivity contribution is 5.74. The van der Waals surface area contributed by atoms with E-state index in [1.54, 1.807) is 0 Å². The molecule has 92 valence electrons. The van der Waals surface area contributed by atoms with Crippen LogP contribution in [0.2, 0.25) is 0 Å². The van der Waals surface area contributed by atoms with Crippen LogP contribution in [-0.4, -0.2) is 31.0 Å². The number of hydrogen-bond acceptors (Lipinski definition) is 5. The molecule has 0 aromatic carbocycles. The Morgan fingerprint density at radius 2 is 2.00 bits per heavy atom. The molecule has 0 spiro atoms. The van der Waals surface area contributed by atoms with Crippen LogP contribution >= 0.6 is 0 Å². The van der Waals surface area contributed by atoms with Crippen LogP contribution in [0.1, 0.15) is 5.69 Å². The standard InChI is InChI=1S/C11H10N4O3/c1-14-9-8(10(17)15(2)11(14)18)6-7(12-13-9)4-3-5-16/h6,16H,5H2,1-2H3. The molecule has 0 aliphatic carbocycles. The summed E-state index contributed by atoms with van der Waals surface area (Å²) in [4.78, 5) is 23.6. The summed E-state index contributed by atoms with van der Waals surface area (Å²) in [7, 11) is 2.90. The first-order valence-electron chi connectivity index (χ1n) is 5.09. The zero-order chi connectivity index (χ0) is 13.3. The lowest BCUT2D eigenvalue weighted by atomic mass is 10.3. The summed E-state index contributed by atoms with van der Waals surface area (Å²) in [5, 5.41) is 16.4. The number of rotatable bonds is 0. The number of hydrogen-bond donors (Lipinski definition) is 1. The van der Waals surface area contributed by atoms with Crippen LogP contribution in [0.15, 0.2) is 15.7 Å². The number of fused-ring (bicyclic) bond motifs is 1. The maximum absolute atomic E-state index is 11.9. The average Bonchev–Trinajstić information content (AvgIpc) is 2.40. The molecule has 0 saturated heterocycles. The van der Waals surface area contributed by atoms with E-state index in [1.807, 2.05) is 0 Å². The summed E-state index contributed by atoms with van der Waals surface area (Å²) < 4.78 is 2.24. The first kappa shape index (κ1) is 12.0. The molecule has 0 fully saturated rings. The Morgan fingerprint density at radius 3 is 2.67 bits per heavy atom. The van der Waals surface area contributed by atoms with E-state index < -0.39 is 11.2 Å². The quantitative estimate of drug-likeness (QED) is 0.564. The lowest BCUT2D eigenvalue weighted by Gasteiger charge is -2.05. The van der Waals surface area contributed by atoms with Gasteiger partial charge in [0.05, 0.1) is 5.39 Å². The van der Waals surface area contributed by atoms with E-state index in [4.69, 9.17) is 5.11 Å². The Kier molecular flexibility index (Phi) is 2.95. The maximum Gasteiger partial charge on any atom is 0.332 e. The van der Waals surface area contributed by atoms with Gasteiger partial charge in [0, 0.05) is 14.1 Å². The number of aliphatic hydroxyl groups excluding tert-OH is 1. The van der Waals surface area contributed by atoms with Gasteiger partial charge in [-0.15, -0.1) is 10.2 Å². The van der Waals surface area contributed by atoms with E-state index in [1.165, 1.54) is 24.7 Å². The zero-order valence-corrected chi connectivity index (χ0v) is 9.84. The predicted octanol–water partition coefficient (Wildman–Crippen LogP) is -1.63. The SMILES string of the molecule is Cn1c(=O)c2cc(C#CCO)nnc2n(C)c1=O. The molecule has 0 unspecified atom stereocenters. The smallest absolute Gasteiger partial charge is 0.332 e. The minimum absolute atomic E-state index is 0.206. The first-order valence-corrected chi connectivity index (χ1v) is 5.09. The molecule has 0 saturated carbocycles. The molecule has 1 N–H and O–H groups in total. The van der Waals surface area contributed by atoms with Gasteiger partial charge >= 0.3 is 5.69 Å². The van der Waals surface area contributed by atoms with Crippen LogP contribution in [0.4, 0.5) is 0 Å². The molecule has 18 heavy (non-hydrogen) atoms. The summed E-state index contributed by atoms with van der Waals surface area (Å²) in [6, 6.07) is 1.45. The molecule has 0 radical (unpaired) electrons. The van der Waals surface area contributed by atoms with Crippen molar-refractivity contribution < 1.29 is 5.11 Å². The van der Waals surface area contributed by atoms with Gasteiger partial charge in [-0.3, -0.25) is 13.9 Å². The molecular formula is C11H10N4O3. The fraction of sp³-hybridized carbons (Fsp3) is 0.273. The molecular weight excluding hydrogens is 236 g/mol. The Bertz CT molecular complexity index is 792. The van der Waals surface area contributed by atoms with Crippen LogP contribution in [-0.2, 0) is 14.1 Å². The van der Waals surface area contributed by atoms with Crippen molar-refractivity contribution in [3.05, 3.63) is 32.6 Å². The number of aromatic nitrogens is 4. The highest BCUT2D eigenvalue weighted by Gasteiger charge is 2.10. The second-order valence-corrected chi connectivity index (χ2v) is 3.63. The van der Waals surface area contributed by atoms with E-state index in [9.17, 15) is 9.59 Å². The van der Waals surface area contributed by atoms with Gasteiger partial charge in [0.2, 0.25) is 0 Å². The van der Waals surface area contributed by atoms with Crippen molar-refractivity contribution in [1.29, 1.82) is 0 Å². The fourth-order valence-corrected chi connectivity index (χ4v) is 1.56. The van der Waals surface area contributed by atoms with Gasteiger partial charge in [0.1, 0.15) is 12.3 Å². The number of aryl methyl sites for hydroxylation is 1. The highest BCUT2D eigenvalue weighted by Crippen LogP contribution is 2.03. The second kappa shape index (κ2) is 4.43. The largest absolute Gasteiger partial charge is 0.384 e. The summed E-state index contributed by atoms with van der Waals surface area (Å²) in [5.41, 5.74) is -0.434. The van der Waals surface area contributed by atoms with Gasteiger partial charge in [0.15, 0.2) is 5.65 Å². The Morgan fingerprint density at radius 1 is 1.28 bits per heavy atom. The summed E-state index contributed by atoms with van der Waals surface area (Å²) >= 11 is 0. The van der Waals surface area contributed by atoms with Crippen molar-refractivity contribution in [2.75, 3.05) is 6.61 Å². The van der Waals surface area contributed by atoms with Crippen LogP contribution in [0, 0.1) is 11.8 Å². The third-order valence-corrected chi connectivity index (χ3v) is 2.50. The van der Waals surface area contributed by atoms with Crippen molar-refractivity contribution in [3.8, 4) is 11.8 Å². The van der Waals surface area contributed by atoms with Crippen LogP contribution in [0.3, 0.4) is 0 Å². The Labute approximate surface area is 101 Å². The Balaban J connectivity index is 2.87. The minimum Gasteiger partial charge on any atom is -0.384 e. The van der Waals surface area contributed by atoms with Crippen LogP contribution in [0.25, 0.3) is 11.0 Å². The molecule has 0 bridgehead atoms. The predicted molar refractivity (Wildman–Crippen MR) is 64.0 cm³/mol. The average molecular weight is 246 g/mol. The molecule has 0 aliphatic heterocycles. The van der Waals surface area contributed by atoms with Gasteiger partial charge in [-0.05, 0) is 12.0 Å². The Hall–Kier alpha value is -2.46. The lowest BCUT2D eigenvalue weighted by molar-refractivity contribution is 0.350. The fourth-order valence-electron chi connectivity index (χ4n) is 1.56. The number of aliphatic hydroxyl groups is 1. The summed E-state index contributed by atoms with van der Waals surface area (Å²) in [6.45, 7) is -0.301. The maximum atomic E-state index is 11.9. The minimum atomic E-state index is -0.462. The normalized spacial score (nSPS) is 10.2. The van der Waals surface area contributed by atoms with Crippen molar-refractivity contribution >= 4 is 11.0 Å².